The third kappa shape index (κ3) is 1.38. The summed E-state index contributed by atoms with van der Waals surface area (Å²) in [5, 5.41) is 8.57. The molecule has 0 aromatic carbocycles. The van der Waals surface area contributed by atoms with Crippen LogP contribution in [0, 0.1) is 34.5 Å². The van der Waals surface area contributed by atoms with Crippen LogP contribution in [0.4, 0.5) is 0 Å². The summed E-state index contributed by atoms with van der Waals surface area (Å²) in [6.45, 7) is 7.10. The van der Waals surface area contributed by atoms with Gasteiger partial charge in [0.05, 0.1) is 12.5 Å². The van der Waals surface area contributed by atoms with Gasteiger partial charge in [-0.25, -0.2) is 0 Å². The van der Waals surface area contributed by atoms with Crippen LogP contribution >= 0.6 is 0 Å². The van der Waals surface area contributed by atoms with Crippen LogP contribution in [0.1, 0.15) is 40.0 Å². The number of rotatable bonds is 1. The zero-order chi connectivity index (χ0) is 10.3. The topological polar surface area (TPSA) is 23.8 Å². The van der Waals surface area contributed by atoms with Crippen molar-refractivity contribution in [1.82, 2.24) is 0 Å². The summed E-state index contributed by atoms with van der Waals surface area (Å²) in [6, 6.07) is 2.21. The van der Waals surface area contributed by atoms with Crippen LogP contribution in [0.3, 0.4) is 0 Å². The monoisotopic (exact) mass is 189 g/mol. The van der Waals surface area contributed by atoms with Crippen molar-refractivity contribution in [3.05, 3.63) is 11.6 Å². The third-order valence-corrected chi connectivity index (χ3v) is 4.44. The summed E-state index contributed by atoms with van der Waals surface area (Å²) in [5.41, 5.74) is 2.12. The van der Waals surface area contributed by atoms with Crippen LogP contribution < -0.4 is 0 Å². The van der Waals surface area contributed by atoms with Crippen molar-refractivity contribution in [2.75, 3.05) is 0 Å². The van der Waals surface area contributed by atoms with Gasteiger partial charge in [0.25, 0.3) is 0 Å². The summed E-state index contributed by atoms with van der Waals surface area (Å²) in [5.74, 6) is 2.58. The van der Waals surface area contributed by atoms with Crippen LogP contribution in [0.2, 0.25) is 0 Å². The Kier molecular flexibility index (Phi) is 2.18. The normalized spacial score (nSPS) is 41.6. The molecule has 0 saturated heterocycles. The quantitative estimate of drug-likeness (QED) is 0.579. The number of nitrogens with zero attached hydrogens (tertiary/aromatic N) is 1. The first kappa shape index (κ1) is 9.77. The van der Waals surface area contributed by atoms with Crippen LogP contribution in [-0.2, 0) is 0 Å². The second kappa shape index (κ2) is 3.12. The third-order valence-electron chi connectivity index (χ3n) is 4.44. The van der Waals surface area contributed by atoms with E-state index in [2.05, 4.69) is 32.9 Å². The van der Waals surface area contributed by atoms with E-state index in [0.29, 0.717) is 17.8 Å². The Balaban J connectivity index is 2.07. The van der Waals surface area contributed by atoms with Crippen LogP contribution in [-0.4, -0.2) is 0 Å². The molecule has 2 saturated carbocycles. The van der Waals surface area contributed by atoms with Gasteiger partial charge in [0.2, 0.25) is 0 Å². The molecule has 0 bridgehead atoms. The molecule has 0 aliphatic heterocycles. The van der Waals surface area contributed by atoms with Crippen molar-refractivity contribution in [1.29, 1.82) is 5.26 Å². The lowest BCUT2D eigenvalue weighted by Crippen LogP contribution is -2.08. The van der Waals surface area contributed by atoms with E-state index in [1.807, 2.05) is 0 Å². The highest BCUT2D eigenvalue weighted by molar-refractivity contribution is 5.21. The first-order valence-electron chi connectivity index (χ1n) is 5.63. The Morgan fingerprint density at radius 2 is 2.21 bits per heavy atom. The molecule has 0 aromatic rings. The summed E-state index contributed by atoms with van der Waals surface area (Å²) >= 11 is 0. The average Bonchev–Trinajstić information content (AvgIpc) is 2.65. The molecule has 0 N–H and O–H groups in total. The molecular formula is C13H19N. The van der Waals surface area contributed by atoms with Gasteiger partial charge in [-0.3, -0.25) is 0 Å². The van der Waals surface area contributed by atoms with Crippen molar-refractivity contribution in [2.24, 2.45) is 23.2 Å². The zero-order valence-corrected chi connectivity index (χ0v) is 9.38. The summed E-state index contributed by atoms with van der Waals surface area (Å²) in [6.07, 6.45) is 5.35. The number of hydrogen-bond acceptors (Lipinski definition) is 1. The van der Waals surface area contributed by atoms with Gasteiger partial charge in [0.15, 0.2) is 0 Å². The lowest BCUT2D eigenvalue weighted by Gasteiger charge is -2.20. The summed E-state index contributed by atoms with van der Waals surface area (Å²) < 4.78 is 0. The van der Waals surface area contributed by atoms with E-state index < -0.39 is 0 Å². The first-order valence-corrected chi connectivity index (χ1v) is 5.63. The minimum Gasteiger partial charge on any atom is -0.198 e. The molecule has 0 aromatic heterocycles. The predicted molar refractivity (Wildman–Crippen MR) is 57.5 cm³/mol. The molecule has 2 rings (SSSR count). The number of nitriles is 1. The van der Waals surface area contributed by atoms with Gasteiger partial charge in [-0.1, -0.05) is 32.4 Å². The number of allylic oxidation sites excluding steroid dienone is 2. The lowest BCUT2D eigenvalue weighted by atomic mass is 9.85. The molecule has 0 spiro atoms. The van der Waals surface area contributed by atoms with Crippen molar-refractivity contribution >= 4 is 0 Å². The van der Waals surface area contributed by atoms with E-state index in [4.69, 9.17) is 5.26 Å². The lowest BCUT2D eigenvalue weighted by molar-refractivity contribution is 0.452. The van der Waals surface area contributed by atoms with E-state index in [1.54, 1.807) is 5.57 Å². The Labute approximate surface area is 86.8 Å². The first-order chi connectivity index (χ1) is 6.57. The number of hydrogen-bond donors (Lipinski definition) is 0. The van der Waals surface area contributed by atoms with Crippen LogP contribution in [0.15, 0.2) is 11.6 Å². The molecule has 14 heavy (non-hydrogen) atoms. The predicted octanol–water partition coefficient (Wildman–Crippen LogP) is 3.53. The zero-order valence-electron chi connectivity index (χ0n) is 9.38. The summed E-state index contributed by atoms with van der Waals surface area (Å²) in [7, 11) is 0. The molecule has 0 radical (unpaired) electrons. The fourth-order valence-electron chi connectivity index (χ4n) is 3.18. The van der Waals surface area contributed by atoms with Gasteiger partial charge in [-0.2, -0.15) is 5.26 Å². The van der Waals surface area contributed by atoms with E-state index in [-0.39, 0.29) is 0 Å². The molecule has 1 heteroatoms. The van der Waals surface area contributed by atoms with E-state index in [9.17, 15) is 0 Å². The Bertz CT molecular complexity index is 306. The van der Waals surface area contributed by atoms with Crippen molar-refractivity contribution < 1.29 is 0 Å². The Morgan fingerprint density at radius 1 is 1.50 bits per heavy atom. The van der Waals surface area contributed by atoms with Crippen LogP contribution in [0.5, 0.6) is 0 Å². The SMILES string of the molecule is CC1CC2C(CC1=CCC#N)C2(C)C. The molecule has 2 aliphatic carbocycles. The molecule has 1 nitrogen and oxygen atoms in total. The Hall–Kier alpha value is -0.770. The maximum absolute atomic E-state index is 8.57. The fraction of sp³-hybridized carbons (Fsp3) is 0.769. The maximum Gasteiger partial charge on any atom is 0.0663 e. The largest absolute Gasteiger partial charge is 0.198 e. The van der Waals surface area contributed by atoms with E-state index >= 15 is 0 Å². The maximum atomic E-state index is 8.57. The van der Waals surface area contributed by atoms with Gasteiger partial charge in [0, 0.05) is 0 Å². The minimum absolute atomic E-state index is 0.580. The van der Waals surface area contributed by atoms with Gasteiger partial charge < -0.3 is 0 Å². The van der Waals surface area contributed by atoms with Crippen LogP contribution in [0.25, 0.3) is 0 Å². The van der Waals surface area contributed by atoms with Gasteiger partial charge in [0.1, 0.15) is 0 Å². The molecule has 3 atom stereocenters. The van der Waals surface area contributed by atoms with Gasteiger partial charge in [-0.05, 0) is 36.0 Å². The molecule has 0 heterocycles. The molecule has 2 fully saturated rings. The second-order valence-corrected chi connectivity index (χ2v) is 5.52. The average molecular weight is 189 g/mol. The summed E-state index contributed by atoms with van der Waals surface area (Å²) in [4.78, 5) is 0. The van der Waals surface area contributed by atoms with Gasteiger partial charge >= 0.3 is 0 Å². The molecule has 2 aliphatic rings. The fourth-order valence-corrected chi connectivity index (χ4v) is 3.18. The van der Waals surface area contributed by atoms with Crippen molar-refractivity contribution in [2.45, 2.75) is 40.0 Å². The van der Waals surface area contributed by atoms with E-state index in [0.717, 1.165) is 11.8 Å². The minimum atomic E-state index is 0.580. The highest BCUT2D eigenvalue weighted by Gasteiger charge is 2.59. The smallest absolute Gasteiger partial charge is 0.0663 e. The van der Waals surface area contributed by atoms with Crippen molar-refractivity contribution in [3.63, 3.8) is 0 Å². The highest BCUT2D eigenvalue weighted by Crippen LogP contribution is 2.66. The molecule has 3 unspecified atom stereocenters. The van der Waals surface area contributed by atoms with Gasteiger partial charge in [-0.15, -0.1) is 0 Å². The second-order valence-electron chi connectivity index (χ2n) is 5.52. The Morgan fingerprint density at radius 3 is 2.86 bits per heavy atom. The molecular weight excluding hydrogens is 170 g/mol. The van der Waals surface area contributed by atoms with E-state index in [1.165, 1.54) is 12.8 Å². The number of fused-ring (bicyclic) bond motifs is 1. The highest BCUT2D eigenvalue weighted by atomic mass is 14.6. The molecule has 0 amide bonds. The standard InChI is InChI=1S/C13H19N/c1-9-7-11-12(13(11,2)3)8-10(9)5-4-6-14/h5,9,11-12H,4,7-8H2,1-3H3. The molecule has 76 valence electrons. The van der Waals surface area contributed by atoms with Crippen molar-refractivity contribution in [3.8, 4) is 6.07 Å².